The Bertz CT molecular complexity index is 594. The van der Waals surface area contributed by atoms with Gasteiger partial charge in [0.1, 0.15) is 11.8 Å². The highest BCUT2D eigenvalue weighted by Crippen LogP contribution is 2.35. The first-order valence-corrected chi connectivity index (χ1v) is 9.30. The second-order valence-electron chi connectivity index (χ2n) is 5.76. The highest BCUT2D eigenvalue weighted by atomic mass is 32.2. The average molecular weight is 376 g/mol. The third-order valence-electron chi connectivity index (χ3n) is 3.61. The lowest BCUT2D eigenvalue weighted by atomic mass is 10.1. The van der Waals surface area contributed by atoms with Crippen LogP contribution in [0.5, 0.6) is 5.75 Å². The number of hydrogen-bond donors (Lipinski definition) is 1. The zero-order chi connectivity index (χ0) is 18.3. The molecule has 2 rings (SSSR count). The molecule has 140 valence electrons. The number of nitrogen functional groups attached to an aromatic ring is 1. The van der Waals surface area contributed by atoms with Crippen LogP contribution in [0, 0.1) is 0 Å². The van der Waals surface area contributed by atoms with E-state index in [1.165, 1.54) is 18.2 Å². The highest BCUT2D eigenvalue weighted by Gasteiger charge is 2.33. The van der Waals surface area contributed by atoms with Crippen LogP contribution in [-0.2, 0) is 4.74 Å². The zero-order valence-corrected chi connectivity index (χ0v) is 15.0. The Kier molecular flexibility index (Phi) is 7.43. The number of anilines is 1. The van der Waals surface area contributed by atoms with Gasteiger partial charge in [-0.05, 0) is 43.2 Å². The summed E-state index contributed by atoms with van der Waals surface area (Å²) in [7, 11) is 0. The third kappa shape index (κ3) is 6.78. The van der Waals surface area contributed by atoms with E-state index in [0.717, 1.165) is 36.5 Å². The maximum atomic E-state index is 12.7. The van der Waals surface area contributed by atoms with E-state index in [0.29, 0.717) is 17.9 Å². The van der Waals surface area contributed by atoms with Crippen LogP contribution in [0.1, 0.15) is 44.2 Å². The van der Waals surface area contributed by atoms with Gasteiger partial charge in [-0.1, -0.05) is 13.3 Å². The minimum absolute atomic E-state index is 0.200. The molecule has 0 fully saturated rings. The van der Waals surface area contributed by atoms with E-state index in [9.17, 15) is 13.2 Å². The molecule has 1 atom stereocenters. The van der Waals surface area contributed by atoms with Crippen molar-refractivity contribution >= 4 is 22.5 Å². The Morgan fingerprint density at radius 1 is 1.36 bits per heavy atom. The van der Waals surface area contributed by atoms with Crippen molar-refractivity contribution in [2.75, 3.05) is 24.7 Å². The Morgan fingerprint density at radius 3 is 2.88 bits per heavy atom. The lowest BCUT2D eigenvalue weighted by molar-refractivity contribution is -0.275. The molecule has 0 saturated carbocycles. The van der Waals surface area contributed by atoms with Gasteiger partial charge in [-0.2, -0.15) is 0 Å². The van der Waals surface area contributed by atoms with E-state index in [4.69, 9.17) is 10.5 Å². The summed E-state index contributed by atoms with van der Waals surface area (Å²) in [6, 6.07) is 3.53. The molecule has 1 aliphatic heterocycles. The summed E-state index contributed by atoms with van der Waals surface area (Å²) < 4.78 is 48.0. The van der Waals surface area contributed by atoms with Crippen molar-refractivity contribution in [3.8, 4) is 5.75 Å². The van der Waals surface area contributed by atoms with Crippen molar-refractivity contribution in [3.05, 3.63) is 23.8 Å². The Morgan fingerprint density at radius 2 is 2.16 bits per heavy atom. The Balaban J connectivity index is 2.38. The van der Waals surface area contributed by atoms with E-state index in [-0.39, 0.29) is 12.4 Å². The van der Waals surface area contributed by atoms with Crippen molar-refractivity contribution in [2.24, 2.45) is 4.99 Å². The van der Waals surface area contributed by atoms with Gasteiger partial charge < -0.3 is 15.2 Å². The number of nitrogens with zero attached hydrogens (tertiary/aromatic N) is 1. The summed E-state index contributed by atoms with van der Waals surface area (Å²) in [6.45, 7) is 2.81. The van der Waals surface area contributed by atoms with E-state index < -0.39 is 12.4 Å². The van der Waals surface area contributed by atoms with Gasteiger partial charge in [-0.3, -0.25) is 4.99 Å². The summed E-state index contributed by atoms with van der Waals surface area (Å²) in [5, 5.41) is 0.929. The Hall–Kier alpha value is -1.41. The molecule has 0 radical (unpaired) electrons. The fourth-order valence-electron chi connectivity index (χ4n) is 2.49. The van der Waals surface area contributed by atoms with Gasteiger partial charge in [0.15, 0.2) is 0 Å². The molecule has 0 aromatic heterocycles. The normalized spacial score (nSPS) is 20.0. The minimum Gasteiger partial charge on any atom is -0.405 e. The minimum atomic E-state index is -4.77. The highest BCUT2D eigenvalue weighted by molar-refractivity contribution is 8.13. The van der Waals surface area contributed by atoms with E-state index in [1.54, 1.807) is 11.8 Å². The molecule has 1 heterocycles. The largest absolute Gasteiger partial charge is 0.573 e. The summed E-state index contributed by atoms with van der Waals surface area (Å²) in [5.41, 5.74) is 6.45. The van der Waals surface area contributed by atoms with Crippen molar-refractivity contribution in [3.63, 3.8) is 0 Å². The maximum Gasteiger partial charge on any atom is 0.573 e. The molecule has 0 amide bonds. The number of benzene rings is 1. The average Bonchev–Trinajstić information content (AvgIpc) is 2.54. The smallest absolute Gasteiger partial charge is 0.405 e. The standard InChI is InChI=1S/C17H23F3N2O2S/c1-2-5-16-22-14(11-23-8-3-4-9-25-16)13-10-12(21)6-7-15(13)24-17(18,19)20/h6-7,10,14H,2-5,8-9,11,21H2,1H3/t14-/m1/s1. The van der Waals surface area contributed by atoms with Crippen LogP contribution in [0.4, 0.5) is 18.9 Å². The number of nitrogens with two attached hydrogens (primary N) is 1. The molecule has 1 aromatic rings. The molecule has 0 bridgehead atoms. The van der Waals surface area contributed by atoms with Crippen molar-refractivity contribution in [1.82, 2.24) is 0 Å². The lowest BCUT2D eigenvalue weighted by Gasteiger charge is -2.21. The van der Waals surface area contributed by atoms with Gasteiger partial charge >= 0.3 is 6.36 Å². The summed E-state index contributed by atoms with van der Waals surface area (Å²) >= 11 is 1.67. The summed E-state index contributed by atoms with van der Waals surface area (Å²) in [5.74, 6) is 0.648. The molecule has 4 nitrogen and oxygen atoms in total. The van der Waals surface area contributed by atoms with Crippen molar-refractivity contribution in [1.29, 1.82) is 0 Å². The summed E-state index contributed by atoms with van der Waals surface area (Å²) in [6.07, 6.45) is -1.12. The molecule has 1 aromatic carbocycles. The first-order chi connectivity index (χ1) is 11.9. The van der Waals surface area contributed by atoms with Gasteiger partial charge in [0.2, 0.25) is 0 Å². The molecule has 1 aliphatic rings. The number of halogens is 3. The van der Waals surface area contributed by atoms with Gasteiger partial charge in [0, 0.05) is 17.9 Å². The second kappa shape index (κ2) is 9.33. The number of ether oxygens (including phenoxy) is 2. The lowest BCUT2D eigenvalue weighted by Crippen LogP contribution is -2.20. The SMILES string of the molecule is CCCC1=N[C@@H](c2cc(N)ccc2OC(F)(F)F)COCCCCS1. The molecule has 0 unspecified atom stereocenters. The topological polar surface area (TPSA) is 56.8 Å². The van der Waals surface area contributed by atoms with Crippen molar-refractivity contribution < 1.29 is 22.6 Å². The number of alkyl halides is 3. The molecule has 0 saturated heterocycles. The van der Waals surface area contributed by atoms with Crippen LogP contribution in [0.2, 0.25) is 0 Å². The zero-order valence-electron chi connectivity index (χ0n) is 14.1. The van der Waals surface area contributed by atoms with E-state index in [2.05, 4.69) is 9.73 Å². The van der Waals surface area contributed by atoms with Crippen LogP contribution < -0.4 is 10.5 Å². The molecule has 25 heavy (non-hydrogen) atoms. The van der Waals surface area contributed by atoms with Gasteiger partial charge in [0.05, 0.1) is 11.7 Å². The number of rotatable bonds is 4. The molecule has 0 spiro atoms. The predicted octanol–water partition coefficient (Wildman–Crippen LogP) is 4.95. The predicted molar refractivity (Wildman–Crippen MR) is 95.1 cm³/mol. The fourth-order valence-corrected chi connectivity index (χ4v) is 3.63. The number of hydrogen-bond acceptors (Lipinski definition) is 5. The molecular formula is C17H23F3N2O2S. The van der Waals surface area contributed by atoms with Gasteiger partial charge in [-0.25, -0.2) is 0 Å². The van der Waals surface area contributed by atoms with Crippen LogP contribution in [0.3, 0.4) is 0 Å². The molecule has 2 N–H and O–H groups in total. The third-order valence-corrected chi connectivity index (χ3v) is 4.75. The molecular weight excluding hydrogens is 353 g/mol. The van der Waals surface area contributed by atoms with E-state index in [1.807, 2.05) is 6.92 Å². The maximum absolute atomic E-state index is 12.7. The monoisotopic (exact) mass is 376 g/mol. The van der Waals surface area contributed by atoms with Crippen LogP contribution >= 0.6 is 11.8 Å². The van der Waals surface area contributed by atoms with E-state index >= 15 is 0 Å². The van der Waals surface area contributed by atoms with Gasteiger partial charge in [-0.15, -0.1) is 24.9 Å². The molecule has 0 aliphatic carbocycles. The Labute approximate surface area is 150 Å². The first kappa shape index (κ1) is 19.9. The van der Waals surface area contributed by atoms with Crippen LogP contribution in [0.25, 0.3) is 0 Å². The number of thioether (sulfide) groups is 1. The molecule has 8 heteroatoms. The van der Waals surface area contributed by atoms with Crippen molar-refractivity contribution in [2.45, 2.75) is 45.0 Å². The first-order valence-electron chi connectivity index (χ1n) is 8.31. The second-order valence-corrected chi connectivity index (χ2v) is 6.93. The van der Waals surface area contributed by atoms with Crippen LogP contribution in [-0.4, -0.2) is 30.4 Å². The van der Waals surface area contributed by atoms with Crippen LogP contribution in [0.15, 0.2) is 23.2 Å². The number of aliphatic imine (C=N–C) groups is 1. The van der Waals surface area contributed by atoms with Gasteiger partial charge in [0.25, 0.3) is 0 Å². The quantitative estimate of drug-likeness (QED) is 0.756. The fraction of sp³-hybridized carbons (Fsp3) is 0.588. The summed E-state index contributed by atoms with van der Waals surface area (Å²) in [4.78, 5) is 4.68.